The summed E-state index contributed by atoms with van der Waals surface area (Å²) >= 11 is 5.96. The molecule has 4 nitrogen and oxygen atoms in total. The third-order valence-corrected chi connectivity index (χ3v) is 4.30. The van der Waals surface area contributed by atoms with E-state index in [9.17, 15) is 21.6 Å². The van der Waals surface area contributed by atoms with Gasteiger partial charge in [-0.3, -0.25) is 0 Å². The molecule has 2 atom stereocenters. The van der Waals surface area contributed by atoms with E-state index in [2.05, 4.69) is 4.18 Å². The fourth-order valence-corrected chi connectivity index (χ4v) is 2.94. The summed E-state index contributed by atoms with van der Waals surface area (Å²) in [5, 5.41) is 0.286. The van der Waals surface area contributed by atoms with Crippen molar-refractivity contribution in [3.63, 3.8) is 0 Å². The highest BCUT2D eigenvalue weighted by molar-refractivity contribution is 7.88. The molecule has 0 aromatic heterocycles. The van der Waals surface area contributed by atoms with Crippen molar-refractivity contribution in [2.24, 2.45) is 0 Å². The molecule has 0 radical (unpaired) electrons. The minimum absolute atomic E-state index is 0.220. The monoisotopic (exact) mass is 326 g/mol. The Morgan fingerprint density at radius 2 is 1.75 bits per heavy atom. The molecule has 2 aliphatic heterocycles. The molecule has 2 bridgehead atoms. The second-order valence-electron chi connectivity index (χ2n) is 4.22. The molecular formula is C11H6ClF3O4S. The van der Waals surface area contributed by atoms with Crippen molar-refractivity contribution in [2.45, 2.75) is 17.7 Å². The van der Waals surface area contributed by atoms with E-state index in [-0.39, 0.29) is 10.6 Å². The van der Waals surface area contributed by atoms with Crippen molar-refractivity contribution < 1.29 is 30.5 Å². The van der Waals surface area contributed by atoms with E-state index >= 15 is 0 Å². The van der Waals surface area contributed by atoms with Crippen LogP contribution in [-0.2, 0) is 14.9 Å². The van der Waals surface area contributed by atoms with Gasteiger partial charge in [-0.15, -0.1) is 0 Å². The van der Waals surface area contributed by atoms with Gasteiger partial charge in [-0.2, -0.15) is 21.6 Å². The van der Waals surface area contributed by atoms with E-state index in [0.717, 1.165) is 6.07 Å². The lowest BCUT2D eigenvalue weighted by atomic mass is 9.96. The van der Waals surface area contributed by atoms with Gasteiger partial charge < -0.3 is 8.92 Å². The van der Waals surface area contributed by atoms with Crippen LogP contribution in [-0.4, -0.2) is 13.9 Å². The summed E-state index contributed by atoms with van der Waals surface area (Å²) in [5.41, 5.74) is -4.83. The molecule has 2 heterocycles. The average molecular weight is 327 g/mol. The molecule has 0 N–H and O–H groups in total. The number of alkyl halides is 3. The zero-order chi connectivity index (χ0) is 14.7. The lowest BCUT2D eigenvalue weighted by Crippen LogP contribution is -2.28. The van der Waals surface area contributed by atoms with Crippen molar-refractivity contribution in [3.8, 4) is 5.75 Å². The molecule has 0 amide bonds. The molecule has 0 aliphatic carbocycles. The minimum Gasteiger partial charge on any atom is -0.376 e. The van der Waals surface area contributed by atoms with Crippen LogP contribution in [0.3, 0.4) is 0 Å². The van der Waals surface area contributed by atoms with Gasteiger partial charge in [0.15, 0.2) is 0 Å². The van der Waals surface area contributed by atoms with Crippen LogP contribution < -0.4 is 4.18 Å². The van der Waals surface area contributed by atoms with Gasteiger partial charge in [-0.25, -0.2) is 0 Å². The highest BCUT2D eigenvalue weighted by Gasteiger charge is 2.49. The normalized spacial score (nSPS) is 24.0. The number of fused-ring (bicyclic) bond motifs is 5. The molecule has 0 saturated carbocycles. The molecule has 0 spiro atoms. The summed E-state index contributed by atoms with van der Waals surface area (Å²) in [4.78, 5) is 0. The lowest BCUT2D eigenvalue weighted by Gasteiger charge is -2.15. The first-order chi connectivity index (χ1) is 9.21. The summed E-state index contributed by atoms with van der Waals surface area (Å²) in [6.45, 7) is 0. The Morgan fingerprint density at radius 3 is 2.35 bits per heavy atom. The van der Waals surface area contributed by atoms with Crippen LogP contribution in [0.1, 0.15) is 23.3 Å². The Kier molecular flexibility index (Phi) is 2.83. The van der Waals surface area contributed by atoms with Crippen molar-refractivity contribution in [3.05, 3.63) is 40.4 Å². The van der Waals surface area contributed by atoms with E-state index in [1.54, 1.807) is 12.2 Å². The number of hydrogen-bond acceptors (Lipinski definition) is 4. The van der Waals surface area contributed by atoms with Gasteiger partial charge in [0.25, 0.3) is 0 Å². The zero-order valence-electron chi connectivity index (χ0n) is 9.52. The number of ether oxygens (including phenoxy) is 1. The first kappa shape index (κ1) is 13.7. The second-order valence-corrected chi connectivity index (χ2v) is 6.16. The number of benzene rings is 1. The summed E-state index contributed by atoms with van der Waals surface area (Å²) in [6, 6.07) is 2.36. The summed E-state index contributed by atoms with van der Waals surface area (Å²) < 4.78 is 68.8. The summed E-state index contributed by atoms with van der Waals surface area (Å²) in [5.74, 6) is -0.418. The maximum Gasteiger partial charge on any atom is 0.534 e. The molecule has 0 fully saturated rings. The molecule has 9 heteroatoms. The first-order valence-corrected chi connectivity index (χ1v) is 7.16. The standard InChI is InChI=1S/C11H6ClF3O4S/c12-5-1-2-8(19-20(16,17)11(13,14)15)10-7-4-3-6(18-7)9(5)10/h1-4,6-7H. The lowest BCUT2D eigenvalue weighted by molar-refractivity contribution is -0.0500. The topological polar surface area (TPSA) is 52.6 Å². The van der Waals surface area contributed by atoms with Crippen LogP contribution in [0.25, 0.3) is 0 Å². The van der Waals surface area contributed by atoms with E-state index in [1.165, 1.54) is 6.07 Å². The SMILES string of the molecule is O=S(=O)(Oc1ccc(Cl)c2c1C1C=CC2O1)C(F)(F)F. The molecule has 1 aromatic rings. The van der Waals surface area contributed by atoms with Crippen LogP contribution in [0, 0.1) is 0 Å². The fourth-order valence-electron chi connectivity index (χ4n) is 2.19. The maximum atomic E-state index is 12.4. The fraction of sp³-hybridized carbons (Fsp3) is 0.273. The quantitative estimate of drug-likeness (QED) is 0.475. The Hall–Kier alpha value is -1.25. The van der Waals surface area contributed by atoms with Gasteiger partial charge >= 0.3 is 15.6 Å². The molecule has 0 saturated heterocycles. The highest BCUT2D eigenvalue weighted by Crippen LogP contribution is 2.52. The average Bonchev–Trinajstić information content (AvgIpc) is 2.92. The van der Waals surface area contributed by atoms with E-state index in [0.29, 0.717) is 5.56 Å². The first-order valence-electron chi connectivity index (χ1n) is 5.37. The third kappa shape index (κ3) is 1.90. The number of rotatable bonds is 2. The van der Waals surface area contributed by atoms with Gasteiger partial charge in [0, 0.05) is 16.1 Å². The highest BCUT2D eigenvalue weighted by atomic mass is 35.5. The van der Waals surface area contributed by atoms with E-state index < -0.39 is 33.6 Å². The van der Waals surface area contributed by atoms with Crippen molar-refractivity contribution in [1.29, 1.82) is 0 Å². The van der Waals surface area contributed by atoms with Crippen LogP contribution in [0.5, 0.6) is 5.75 Å². The zero-order valence-corrected chi connectivity index (χ0v) is 11.1. The summed E-state index contributed by atoms with van der Waals surface area (Å²) in [6.07, 6.45) is 2.17. The van der Waals surface area contributed by atoms with Gasteiger partial charge in [-0.05, 0) is 12.1 Å². The Balaban J connectivity index is 2.07. The molecule has 2 aliphatic rings. The second kappa shape index (κ2) is 4.12. The molecule has 3 rings (SSSR count). The molecule has 108 valence electrons. The van der Waals surface area contributed by atoms with Crippen LogP contribution in [0.4, 0.5) is 13.2 Å². The van der Waals surface area contributed by atoms with Crippen molar-refractivity contribution in [1.82, 2.24) is 0 Å². The maximum absolute atomic E-state index is 12.4. The van der Waals surface area contributed by atoms with Crippen LogP contribution in [0.2, 0.25) is 5.02 Å². The number of halogens is 4. The molecule has 20 heavy (non-hydrogen) atoms. The van der Waals surface area contributed by atoms with Gasteiger partial charge in [0.2, 0.25) is 0 Å². The van der Waals surface area contributed by atoms with Crippen LogP contribution in [0.15, 0.2) is 24.3 Å². The predicted octanol–water partition coefficient (Wildman–Crippen LogP) is 3.25. The number of hydrogen-bond donors (Lipinski definition) is 0. The molecular weight excluding hydrogens is 321 g/mol. The largest absolute Gasteiger partial charge is 0.534 e. The minimum atomic E-state index is -5.72. The summed E-state index contributed by atoms with van der Waals surface area (Å²) in [7, 11) is -5.72. The smallest absolute Gasteiger partial charge is 0.376 e. The van der Waals surface area contributed by atoms with Gasteiger partial charge in [0.05, 0.1) is 0 Å². The van der Waals surface area contributed by atoms with E-state index in [1.807, 2.05) is 0 Å². The third-order valence-electron chi connectivity index (χ3n) is 3.00. The van der Waals surface area contributed by atoms with Gasteiger partial charge in [0.1, 0.15) is 18.0 Å². The van der Waals surface area contributed by atoms with Crippen molar-refractivity contribution >= 4 is 21.7 Å². The van der Waals surface area contributed by atoms with E-state index in [4.69, 9.17) is 16.3 Å². The van der Waals surface area contributed by atoms with Crippen molar-refractivity contribution in [2.75, 3.05) is 0 Å². The molecule has 1 aromatic carbocycles. The Morgan fingerprint density at radius 1 is 1.15 bits per heavy atom. The molecule has 2 unspecified atom stereocenters. The van der Waals surface area contributed by atoms with Gasteiger partial charge in [-0.1, -0.05) is 23.8 Å². The Labute approximate surface area is 116 Å². The van der Waals surface area contributed by atoms with Crippen LogP contribution >= 0.6 is 11.6 Å². The Bertz CT molecular complexity index is 711. The predicted molar refractivity (Wildman–Crippen MR) is 62.8 cm³/mol.